The molecule has 0 aromatic heterocycles. The number of allylic oxidation sites excluding steroid dienone is 3. The van der Waals surface area contributed by atoms with Gasteiger partial charge in [-0.05, 0) is 18.3 Å². The SMILES string of the molecule is COC(=O)C1CC2C=CC=CC2CN1. The van der Waals surface area contributed by atoms with Gasteiger partial charge in [0.15, 0.2) is 0 Å². The first-order valence-corrected chi connectivity index (χ1v) is 4.97. The molecule has 1 heterocycles. The molecule has 1 fully saturated rings. The molecule has 1 aliphatic carbocycles. The molecule has 1 aliphatic heterocycles. The zero-order chi connectivity index (χ0) is 9.97. The normalized spacial score (nSPS) is 35.1. The highest BCUT2D eigenvalue weighted by Gasteiger charge is 2.31. The molecule has 3 heteroatoms. The Kier molecular flexibility index (Phi) is 2.68. The van der Waals surface area contributed by atoms with Crippen molar-refractivity contribution in [2.24, 2.45) is 11.8 Å². The van der Waals surface area contributed by atoms with Gasteiger partial charge in [0.05, 0.1) is 7.11 Å². The van der Waals surface area contributed by atoms with Gasteiger partial charge in [-0.15, -0.1) is 0 Å². The number of carbonyl (C=O) groups excluding carboxylic acids is 1. The van der Waals surface area contributed by atoms with E-state index in [2.05, 4.69) is 29.6 Å². The van der Waals surface area contributed by atoms with Crippen LogP contribution in [-0.4, -0.2) is 25.7 Å². The molecule has 0 radical (unpaired) electrons. The number of piperidine rings is 1. The summed E-state index contributed by atoms with van der Waals surface area (Å²) in [6.07, 6.45) is 9.35. The molecule has 0 amide bonds. The summed E-state index contributed by atoms with van der Waals surface area (Å²) in [5.74, 6) is 0.887. The van der Waals surface area contributed by atoms with Crippen molar-refractivity contribution >= 4 is 5.97 Å². The molecule has 0 spiro atoms. The maximum absolute atomic E-state index is 11.3. The third kappa shape index (κ3) is 1.73. The lowest BCUT2D eigenvalue weighted by atomic mass is 9.80. The number of methoxy groups -OCH3 is 1. The number of ether oxygens (including phenoxy) is 1. The largest absolute Gasteiger partial charge is 0.468 e. The molecular formula is C11H15NO2. The number of hydrogen-bond donors (Lipinski definition) is 1. The minimum atomic E-state index is -0.147. The third-order valence-electron chi connectivity index (χ3n) is 2.97. The van der Waals surface area contributed by atoms with Crippen LogP contribution in [0.2, 0.25) is 0 Å². The number of nitrogens with one attached hydrogen (secondary N) is 1. The van der Waals surface area contributed by atoms with Gasteiger partial charge < -0.3 is 10.1 Å². The molecule has 2 rings (SSSR count). The Morgan fingerprint density at radius 2 is 2.07 bits per heavy atom. The van der Waals surface area contributed by atoms with Gasteiger partial charge in [0.2, 0.25) is 0 Å². The second-order valence-electron chi connectivity index (χ2n) is 3.82. The lowest BCUT2D eigenvalue weighted by Gasteiger charge is -2.33. The van der Waals surface area contributed by atoms with Crippen molar-refractivity contribution in [1.29, 1.82) is 0 Å². The fraction of sp³-hybridized carbons (Fsp3) is 0.545. The van der Waals surface area contributed by atoms with E-state index in [0.29, 0.717) is 11.8 Å². The molecule has 3 unspecified atom stereocenters. The van der Waals surface area contributed by atoms with Crippen LogP contribution in [0.25, 0.3) is 0 Å². The molecule has 1 N–H and O–H groups in total. The number of rotatable bonds is 1. The van der Waals surface area contributed by atoms with Crippen LogP contribution < -0.4 is 5.32 Å². The molecule has 0 bridgehead atoms. The number of hydrogen-bond acceptors (Lipinski definition) is 3. The monoisotopic (exact) mass is 193 g/mol. The van der Waals surface area contributed by atoms with Crippen LogP contribution >= 0.6 is 0 Å². The Hall–Kier alpha value is -1.09. The molecule has 2 aliphatic rings. The molecule has 3 nitrogen and oxygen atoms in total. The lowest BCUT2D eigenvalue weighted by Crippen LogP contribution is -2.47. The number of carbonyl (C=O) groups is 1. The minimum Gasteiger partial charge on any atom is -0.468 e. The van der Waals surface area contributed by atoms with E-state index in [9.17, 15) is 4.79 Å². The van der Waals surface area contributed by atoms with Gasteiger partial charge in [-0.25, -0.2) is 0 Å². The topological polar surface area (TPSA) is 38.3 Å². The first kappa shape index (κ1) is 9.46. The summed E-state index contributed by atoms with van der Waals surface area (Å²) in [7, 11) is 1.44. The molecule has 14 heavy (non-hydrogen) atoms. The summed E-state index contributed by atoms with van der Waals surface area (Å²) < 4.78 is 4.73. The Balaban J connectivity index is 2.00. The van der Waals surface area contributed by atoms with Crippen molar-refractivity contribution in [2.45, 2.75) is 12.5 Å². The molecule has 0 saturated carbocycles. The predicted molar refractivity (Wildman–Crippen MR) is 53.7 cm³/mol. The van der Waals surface area contributed by atoms with Crippen LogP contribution in [0.3, 0.4) is 0 Å². The summed E-state index contributed by atoms with van der Waals surface area (Å²) in [5, 5.41) is 3.21. The van der Waals surface area contributed by atoms with Gasteiger partial charge in [-0.2, -0.15) is 0 Å². The Morgan fingerprint density at radius 3 is 2.79 bits per heavy atom. The molecule has 1 saturated heterocycles. The van der Waals surface area contributed by atoms with Crippen molar-refractivity contribution in [2.75, 3.05) is 13.7 Å². The van der Waals surface area contributed by atoms with E-state index in [0.717, 1.165) is 13.0 Å². The van der Waals surface area contributed by atoms with Crippen LogP contribution in [0, 0.1) is 11.8 Å². The highest BCUT2D eigenvalue weighted by Crippen LogP contribution is 2.27. The maximum Gasteiger partial charge on any atom is 0.322 e. The van der Waals surface area contributed by atoms with Crippen LogP contribution in [0.5, 0.6) is 0 Å². The van der Waals surface area contributed by atoms with Crippen molar-refractivity contribution in [3.05, 3.63) is 24.3 Å². The van der Waals surface area contributed by atoms with E-state index in [1.807, 2.05) is 0 Å². The van der Waals surface area contributed by atoms with E-state index < -0.39 is 0 Å². The third-order valence-corrected chi connectivity index (χ3v) is 2.97. The summed E-state index contributed by atoms with van der Waals surface area (Å²) in [4.78, 5) is 11.3. The predicted octanol–water partition coefficient (Wildman–Crippen LogP) is 0.880. The van der Waals surface area contributed by atoms with Crippen LogP contribution in [0.15, 0.2) is 24.3 Å². The van der Waals surface area contributed by atoms with Crippen molar-refractivity contribution in [3.63, 3.8) is 0 Å². The van der Waals surface area contributed by atoms with Crippen molar-refractivity contribution in [3.8, 4) is 0 Å². The Bertz CT molecular complexity index is 283. The van der Waals surface area contributed by atoms with Gasteiger partial charge >= 0.3 is 5.97 Å². The van der Waals surface area contributed by atoms with Crippen LogP contribution in [0.1, 0.15) is 6.42 Å². The summed E-state index contributed by atoms with van der Waals surface area (Å²) in [5.41, 5.74) is 0. The Labute approximate surface area is 83.8 Å². The van der Waals surface area contributed by atoms with Crippen molar-refractivity contribution in [1.82, 2.24) is 5.32 Å². The van der Waals surface area contributed by atoms with Crippen molar-refractivity contribution < 1.29 is 9.53 Å². The molecule has 0 aromatic carbocycles. The zero-order valence-corrected chi connectivity index (χ0v) is 8.27. The molecule has 76 valence electrons. The zero-order valence-electron chi connectivity index (χ0n) is 8.27. The highest BCUT2D eigenvalue weighted by molar-refractivity contribution is 5.75. The summed E-state index contributed by atoms with van der Waals surface area (Å²) >= 11 is 0. The van der Waals surface area contributed by atoms with Crippen LogP contribution in [-0.2, 0) is 9.53 Å². The van der Waals surface area contributed by atoms with Gasteiger partial charge in [-0.3, -0.25) is 4.79 Å². The van der Waals surface area contributed by atoms with Gasteiger partial charge in [0.1, 0.15) is 6.04 Å². The first-order valence-electron chi connectivity index (χ1n) is 4.97. The quantitative estimate of drug-likeness (QED) is 0.628. The summed E-state index contributed by atoms with van der Waals surface area (Å²) in [6, 6.07) is -0.127. The standard InChI is InChI=1S/C11H15NO2/c1-14-11(13)10-6-8-4-2-3-5-9(8)7-12-10/h2-5,8-10,12H,6-7H2,1H3. The average Bonchev–Trinajstić information content (AvgIpc) is 2.27. The fourth-order valence-electron chi connectivity index (χ4n) is 2.13. The maximum atomic E-state index is 11.3. The average molecular weight is 193 g/mol. The molecular weight excluding hydrogens is 178 g/mol. The van der Waals surface area contributed by atoms with Gasteiger partial charge in [0.25, 0.3) is 0 Å². The van der Waals surface area contributed by atoms with E-state index in [-0.39, 0.29) is 12.0 Å². The summed E-state index contributed by atoms with van der Waals surface area (Å²) in [6.45, 7) is 0.866. The number of esters is 1. The van der Waals surface area contributed by atoms with Crippen LogP contribution in [0.4, 0.5) is 0 Å². The van der Waals surface area contributed by atoms with E-state index >= 15 is 0 Å². The van der Waals surface area contributed by atoms with E-state index in [1.165, 1.54) is 7.11 Å². The van der Waals surface area contributed by atoms with Gasteiger partial charge in [-0.1, -0.05) is 24.3 Å². The van der Waals surface area contributed by atoms with E-state index in [4.69, 9.17) is 4.74 Å². The lowest BCUT2D eigenvalue weighted by molar-refractivity contribution is -0.144. The second kappa shape index (κ2) is 3.96. The minimum absolute atomic E-state index is 0.127. The van der Waals surface area contributed by atoms with Gasteiger partial charge in [0, 0.05) is 6.54 Å². The van der Waals surface area contributed by atoms with E-state index in [1.54, 1.807) is 0 Å². The second-order valence-corrected chi connectivity index (χ2v) is 3.82. The first-order chi connectivity index (χ1) is 6.81. The molecule has 3 atom stereocenters. The fourth-order valence-corrected chi connectivity index (χ4v) is 2.13. The number of fused-ring (bicyclic) bond motifs is 1. The highest BCUT2D eigenvalue weighted by atomic mass is 16.5. The molecule has 0 aromatic rings. The Morgan fingerprint density at radius 1 is 1.36 bits per heavy atom. The smallest absolute Gasteiger partial charge is 0.322 e.